The van der Waals surface area contributed by atoms with Crippen LogP contribution in [0.25, 0.3) is 6.08 Å². The van der Waals surface area contributed by atoms with Crippen LogP contribution in [0.2, 0.25) is 5.02 Å². The summed E-state index contributed by atoms with van der Waals surface area (Å²) in [7, 11) is 0. The quantitative estimate of drug-likeness (QED) is 0.369. The number of carbonyl (C=O) groups is 1. The lowest BCUT2D eigenvalue weighted by molar-refractivity contribution is -0.112. The fraction of sp³-hybridized carbons (Fsp3) is 0.0435. The van der Waals surface area contributed by atoms with E-state index in [0.29, 0.717) is 17.1 Å². The van der Waals surface area contributed by atoms with Gasteiger partial charge in [0, 0.05) is 4.47 Å². The van der Waals surface area contributed by atoms with Crippen molar-refractivity contribution in [2.75, 3.05) is 5.32 Å². The Labute approximate surface area is 177 Å². The summed E-state index contributed by atoms with van der Waals surface area (Å²) >= 11 is 9.65. The number of hydrogen-bond acceptors (Lipinski definition) is 2. The third-order valence-electron chi connectivity index (χ3n) is 4.18. The van der Waals surface area contributed by atoms with E-state index >= 15 is 0 Å². The van der Waals surface area contributed by atoms with Crippen molar-refractivity contribution in [2.24, 2.45) is 0 Å². The third kappa shape index (κ3) is 4.89. The van der Waals surface area contributed by atoms with Crippen molar-refractivity contribution in [3.8, 4) is 6.07 Å². The standard InChI is InChI=1S/C23H16BrClN2O/c24-20-10-4-3-9-18(20)13-16-7-1-2-8-17(16)14-19(15-26)23(28)27-22-12-6-5-11-21(22)25/h1-12,14H,13H2,(H,27,28)/b19-14+. The van der Waals surface area contributed by atoms with Gasteiger partial charge in [0.15, 0.2) is 0 Å². The normalized spacial score (nSPS) is 11.0. The number of para-hydroxylation sites is 1. The van der Waals surface area contributed by atoms with Gasteiger partial charge in [-0.1, -0.05) is 82.1 Å². The van der Waals surface area contributed by atoms with Gasteiger partial charge >= 0.3 is 0 Å². The highest BCUT2D eigenvalue weighted by atomic mass is 79.9. The second kappa shape index (κ2) is 9.36. The Morgan fingerprint density at radius 3 is 2.36 bits per heavy atom. The molecule has 0 aliphatic heterocycles. The summed E-state index contributed by atoms with van der Waals surface area (Å²) in [5, 5.41) is 12.6. The van der Waals surface area contributed by atoms with E-state index in [2.05, 4.69) is 21.2 Å². The summed E-state index contributed by atoms with van der Waals surface area (Å²) in [5.74, 6) is -0.494. The Hall–Kier alpha value is -2.87. The molecule has 0 saturated heterocycles. The van der Waals surface area contributed by atoms with Gasteiger partial charge in [-0.3, -0.25) is 4.79 Å². The summed E-state index contributed by atoms with van der Waals surface area (Å²) < 4.78 is 1.02. The Kier molecular flexibility index (Phi) is 6.65. The van der Waals surface area contributed by atoms with Crippen molar-refractivity contribution in [3.05, 3.63) is 105 Å². The number of nitrogens with one attached hydrogen (secondary N) is 1. The highest BCUT2D eigenvalue weighted by Gasteiger charge is 2.12. The lowest BCUT2D eigenvalue weighted by Crippen LogP contribution is -2.13. The predicted octanol–water partition coefficient (Wildman–Crippen LogP) is 6.24. The van der Waals surface area contributed by atoms with Crippen LogP contribution >= 0.6 is 27.5 Å². The predicted molar refractivity (Wildman–Crippen MR) is 117 cm³/mol. The minimum Gasteiger partial charge on any atom is -0.320 e. The average molecular weight is 452 g/mol. The number of hydrogen-bond donors (Lipinski definition) is 1. The Morgan fingerprint density at radius 1 is 1.00 bits per heavy atom. The van der Waals surface area contributed by atoms with Crippen LogP contribution in [-0.4, -0.2) is 5.91 Å². The van der Waals surface area contributed by atoms with Gasteiger partial charge in [0.2, 0.25) is 0 Å². The molecule has 28 heavy (non-hydrogen) atoms. The topological polar surface area (TPSA) is 52.9 Å². The largest absolute Gasteiger partial charge is 0.320 e. The van der Waals surface area contributed by atoms with Gasteiger partial charge in [-0.05, 0) is 47.4 Å². The van der Waals surface area contributed by atoms with Gasteiger partial charge in [0.05, 0.1) is 10.7 Å². The smallest absolute Gasteiger partial charge is 0.266 e. The molecule has 5 heteroatoms. The van der Waals surface area contributed by atoms with Crippen molar-refractivity contribution in [2.45, 2.75) is 6.42 Å². The molecule has 0 atom stereocenters. The summed E-state index contributed by atoms with van der Waals surface area (Å²) in [4.78, 5) is 12.6. The molecule has 0 bridgehead atoms. The van der Waals surface area contributed by atoms with Crippen molar-refractivity contribution < 1.29 is 4.79 Å². The first-order chi connectivity index (χ1) is 13.6. The maximum absolute atomic E-state index is 12.6. The Morgan fingerprint density at radius 2 is 1.64 bits per heavy atom. The number of anilines is 1. The van der Waals surface area contributed by atoms with Crippen LogP contribution in [0.4, 0.5) is 5.69 Å². The molecule has 1 amide bonds. The van der Waals surface area contributed by atoms with E-state index < -0.39 is 5.91 Å². The summed E-state index contributed by atoms with van der Waals surface area (Å²) in [6.45, 7) is 0. The van der Waals surface area contributed by atoms with Crippen molar-refractivity contribution in [1.29, 1.82) is 5.26 Å². The molecule has 0 fully saturated rings. The zero-order valence-corrected chi connectivity index (χ0v) is 17.2. The number of carbonyl (C=O) groups excluding carboxylic acids is 1. The first kappa shape index (κ1) is 19.9. The van der Waals surface area contributed by atoms with Gasteiger partial charge < -0.3 is 5.32 Å². The van der Waals surface area contributed by atoms with Crippen LogP contribution < -0.4 is 5.32 Å². The number of halogens is 2. The Bertz CT molecular complexity index is 1090. The fourth-order valence-electron chi connectivity index (χ4n) is 2.74. The van der Waals surface area contributed by atoms with E-state index in [1.807, 2.05) is 54.6 Å². The lowest BCUT2D eigenvalue weighted by Gasteiger charge is -2.09. The first-order valence-electron chi connectivity index (χ1n) is 8.57. The van der Waals surface area contributed by atoms with Gasteiger partial charge in [-0.2, -0.15) is 5.26 Å². The van der Waals surface area contributed by atoms with Crippen molar-refractivity contribution >= 4 is 45.2 Å². The molecule has 0 aliphatic carbocycles. The van der Waals surface area contributed by atoms with Crippen LogP contribution in [0.15, 0.2) is 82.8 Å². The maximum Gasteiger partial charge on any atom is 0.266 e. The number of nitriles is 1. The number of rotatable bonds is 5. The highest BCUT2D eigenvalue weighted by molar-refractivity contribution is 9.10. The molecule has 0 saturated carbocycles. The van der Waals surface area contributed by atoms with E-state index in [0.717, 1.165) is 21.2 Å². The Balaban J connectivity index is 1.89. The van der Waals surface area contributed by atoms with Crippen LogP contribution in [-0.2, 0) is 11.2 Å². The number of nitrogens with zero attached hydrogens (tertiary/aromatic N) is 1. The second-order valence-corrected chi connectivity index (χ2v) is 7.33. The van der Waals surface area contributed by atoms with E-state index in [-0.39, 0.29) is 5.57 Å². The number of benzene rings is 3. The molecule has 0 aliphatic rings. The van der Waals surface area contributed by atoms with Crippen LogP contribution in [0, 0.1) is 11.3 Å². The molecule has 3 rings (SSSR count). The van der Waals surface area contributed by atoms with Gasteiger partial charge in [-0.25, -0.2) is 0 Å². The van der Waals surface area contributed by atoms with Crippen LogP contribution in [0.1, 0.15) is 16.7 Å². The van der Waals surface area contributed by atoms with Crippen molar-refractivity contribution in [3.63, 3.8) is 0 Å². The van der Waals surface area contributed by atoms with E-state index in [9.17, 15) is 10.1 Å². The molecular formula is C23H16BrClN2O. The first-order valence-corrected chi connectivity index (χ1v) is 9.74. The zero-order valence-electron chi connectivity index (χ0n) is 14.8. The monoisotopic (exact) mass is 450 g/mol. The molecule has 0 unspecified atom stereocenters. The summed E-state index contributed by atoms with van der Waals surface area (Å²) in [6, 6.07) is 24.6. The second-order valence-electron chi connectivity index (χ2n) is 6.07. The molecule has 138 valence electrons. The van der Waals surface area contributed by atoms with Gasteiger partial charge in [0.25, 0.3) is 5.91 Å². The molecule has 0 radical (unpaired) electrons. The van der Waals surface area contributed by atoms with E-state index in [1.54, 1.807) is 30.3 Å². The highest BCUT2D eigenvalue weighted by Crippen LogP contribution is 2.24. The van der Waals surface area contributed by atoms with Crippen LogP contribution in [0.5, 0.6) is 0 Å². The van der Waals surface area contributed by atoms with Gasteiger partial charge in [-0.15, -0.1) is 0 Å². The molecular weight excluding hydrogens is 436 g/mol. The summed E-state index contributed by atoms with van der Waals surface area (Å²) in [5.41, 5.74) is 3.45. The minimum atomic E-state index is -0.494. The molecule has 3 aromatic rings. The maximum atomic E-state index is 12.6. The lowest BCUT2D eigenvalue weighted by atomic mass is 9.98. The average Bonchev–Trinajstić information content (AvgIpc) is 2.70. The SMILES string of the molecule is N#C/C(=C\c1ccccc1Cc1ccccc1Br)C(=O)Nc1ccccc1Cl. The molecule has 0 aromatic heterocycles. The fourth-order valence-corrected chi connectivity index (χ4v) is 3.35. The zero-order chi connectivity index (χ0) is 19.9. The molecule has 0 heterocycles. The molecule has 3 aromatic carbocycles. The van der Waals surface area contributed by atoms with E-state index in [1.165, 1.54) is 0 Å². The van der Waals surface area contributed by atoms with E-state index in [4.69, 9.17) is 11.6 Å². The van der Waals surface area contributed by atoms with Crippen LogP contribution in [0.3, 0.4) is 0 Å². The molecule has 0 spiro atoms. The minimum absolute atomic E-state index is 0.0134. The van der Waals surface area contributed by atoms with Gasteiger partial charge in [0.1, 0.15) is 11.6 Å². The summed E-state index contributed by atoms with van der Waals surface area (Å²) in [6.07, 6.45) is 2.29. The molecule has 1 N–H and O–H groups in total. The van der Waals surface area contributed by atoms with Crippen molar-refractivity contribution in [1.82, 2.24) is 0 Å². The number of amides is 1. The molecule has 3 nitrogen and oxygen atoms in total. The third-order valence-corrected chi connectivity index (χ3v) is 5.28.